The minimum absolute atomic E-state index is 0.512. The van der Waals surface area contributed by atoms with E-state index in [1.54, 1.807) is 6.92 Å². The van der Waals surface area contributed by atoms with E-state index in [4.69, 9.17) is 0 Å². The van der Waals surface area contributed by atoms with E-state index in [1.807, 2.05) is 23.9 Å². The second-order valence-corrected chi connectivity index (χ2v) is 5.62. The van der Waals surface area contributed by atoms with Crippen LogP contribution in [0.25, 0.3) is 0 Å². The van der Waals surface area contributed by atoms with Crippen molar-refractivity contribution < 1.29 is 9.90 Å². The summed E-state index contributed by atoms with van der Waals surface area (Å²) in [7, 11) is 0. The molecular formula is C14H22N2O2. The van der Waals surface area contributed by atoms with E-state index in [1.165, 1.54) is 25.7 Å². The first-order chi connectivity index (χ1) is 8.55. The predicted molar refractivity (Wildman–Crippen MR) is 69.5 cm³/mol. The third kappa shape index (κ3) is 2.57. The zero-order chi connectivity index (χ0) is 13.2. The van der Waals surface area contributed by atoms with Gasteiger partial charge >= 0.3 is 5.97 Å². The van der Waals surface area contributed by atoms with Crippen molar-refractivity contribution in [1.29, 1.82) is 0 Å². The highest BCUT2D eigenvalue weighted by molar-refractivity contribution is 5.74. The van der Waals surface area contributed by atoms with Crippen molar-refractivity contribution in [1.82, 2.24) is 9.78 Å². The van der Waals surface area contributed by atoms with Gasteiger partial charge in [0.1, 0.15) is 0 Å². The summed E-state index contributed by atoms with van der Waals surface area (Å²) < 4.78 is 2.03. The van der Waals surface area contributed by atoms with Gasteiger partial charge in [-0.15, -0.1) is 0 Å². The van der Waals surface area contributed by atoms with Gasteiger partial charge in [0, 0.05) is 12.6 Å². The van der Waals surface area contributed by atoms with E-state index in [0.717, 1.165) is 5.69 Å². The van der Waals surface area contributed by atoms with E-state index < -0.39 is 11.4 Å². The Bertz CT molecular complexity index is 421. The van der Waals surface area contributed by atoms with Gasteiger partial charge in [-0.1, -0.05) is 19.8 Å². The minimum atomic E-state index is -0.736. The fraction of sp³-hybridized carbons (Fsp3) is 0.714. The summed E-state index contributed by atoms with van der Waals surface area (Å²) in [5.41, 5.74) is 0.197. The van der Waals surface area contributed by atoms with Gasteiger partial charge in [-0.25, -0.2) is 0 Å². The van der Waals surface area contributed by atoms with Gasteiger partial charge in [-0.3, -0.25) is 9.48 Å². The third-order valence-electron chi connectivity index (χ3n) is 4.23. The first-order valence-electron chi connectivity index (χ1n) is 6.82. The maximum Gasteiger partial charge on any atom is 0.309 e. The molecule has 1 N–H and O–H groups in total. The zero-order valence-electron chi connectivity index (χ0n) is 11.2. The Labute approximate surface area is 108 Å². The Hall–Kier alpha value is -1.32. The quantitative estimate of drug-likeness (QED) is 0.873. The van der Waals surface area contributed by atoms with Crippen molar-refractivity contribution in [2.24, 2.45) is 5.41 Å². The zero-order valence-corrected chi connectivity index (χ0v) is 11.2. The van der Waals surface area contributed by atoms with Gasteiger partial charge in [-0.2, -0.15) is 5.10 Å². The summed E-state index contributed by atoms with van der Waals surface area (Å²) in [6.45, 7) is 3.71. The second kappa shape index (κ2) is 5.12. The van der Waals surface area contributed by atoms with Gasteiger partial charge < -0.3 is 5.11 Å². The smallest absolute Gasteiger partial charge is 0.309 e. The van der Waals surface area contributed by atoms with Crippen LogP contribution in [0.15, 0.2) is 12.3 Å². The van der Waals surface area contributed by atoms with Crippen LogP contribution in [0, 0.1) is 5.41 Å². The third-order valence-corrected chi connectivity index (χ3v) is 4.23. The van der Waals surface area contributed by atoms with E-state index in [0.29, 0.717) is 18.9 Å². The molecule has 18 heavy (non-hydrogen) atoms. The molecule has 0 aromatic carbocycles. The minimum Gasteiger partial charge on any atom is -0.481 e. The molecule has 1 aromatic rings. The topological polar surface area (TPSA) is 55.1 Å². The van der Waals surface area contributed by atoms with Gasteiger partial charge in [0.15, 0.2) is 0 Å². The van der Waals surface area contributed by atoms with Crippen LogP contribution in [-0.4, -0.2) is 20.9 Å². The molecule has 0 amide bonds. The lowest BCUT2D eigenvalue weighted by molar-refractivity contribution is -0.148. The molecule has 0 aliphatic heterocycles. The Morgan fingerprint density at radius 2 is 2.22 bits per heavy atom. The Morgan fingerprint density at radius 1 is 1.56 bits per heavy atom. The molecule has 1 atom stereocenters. The molecule has 1 fully saturated rings. The predicted octanol–water partition coefficient (Wildman–Crippen LogP) is 3.04. The van der Waals surface area contributed by atoms with Crippen LogP contribution in [-0.2, 0) is 11.2 Å². The normalized spacial score (nSPS) is 19.9. The van der Waals surface area contributed by atoms with Crippen molar-refractivity contribution in [2.75, 3.05) is 0 Å². The lowest BCUT2D eigenvalue weighted by Crippen LogP contribution is -2.29. The molecule has 1 aliphatic carbocycles. The van der Waals surface area contributed by atoms with Crippen LogP contribution < -0.4 is 0 Å². The number of carboxylic acids is 1. The molecule has 2 rings (SSSR count). The first kappa shape index (κ1) is 13.1. The lowest BCUT2D eigenvalue weighted by atomic mass is 9.83. The largest absolute Gasteiger partial charge is 0.481 e. The number of carboxylic acid groups (broad SMARTS) is 1. The van der Waals surface area contributed by atoms with Crippen LogP contribution in [0.3, 0.4) is 0 Å². The monoisotopic (exact) mass is 250 g/mol. The lowest BCUT2D eigenvalue weighted by Gasteiger charge is -2.21. The Kier molecular flexibility index (Phi) is 3.73. The van der Waals surface area contributed by atoms with E-state index in [2.05, 4.69) is 5.10 Å². The summed E-state index contributed by atoms with van der Waals surface area (Å²) in [5.74, 6) is -0.736. The summed E-state index contributed by atoms with van der Waals surface area (Å²) >= 11 is 0. The van der Waals surface area contributed by atoms with Gasteiger partial charge in [0.25, 0.3) is 0 Å². The molecule has 1 aromatic heterocycles. The SMILES string of the molecule is CCC(C)(Cc1ccn(C2CCCC2)n1)C(=O)O. The highest BCUT2D eigenvalue weighted by atomic mass is 16.4. The number of hydrogen-bond donors (Lipinski definition) is 1. The van der Waals surface area contributed by atoms with Crippen LogP contribution in [0.4, 0.5) is 0 Å². The second-order valence-electron chi connectivity index (χ2n) is 5.62. The molecule has 1 unspecified atom stereocenters. The average Bonchev–Trinajstić information content (AvgIpc) is 2.97. The molecule has 0 bridgehead atoms. The maximum absolute atomic E-state index is 11.3. The van der Waals surface area contributed by atoms with Crippen LogP contribution in [0.1, 0.15) is 57.7 Å². The Balaban J connectivity index is 2.08. The molecule has 4 nitrogen and oxygen atoms in total. The van der Waals surface area contributed by atoms with Gasteiger partial charge in [0.2, 0.25) is 0 Å². The van der Waals surface area contributed by atoms with Crippen molar-refractivity contribution in [3.05, 3.63) is 18.0 Å². The fourth-order valence-corrected chi connectivity index (χ4v) is 2.60. The van der Waals surface area contributed by atoms with Crippen LogP contribution in [0.2, 0.25) is 0 Å². The molecule has 4 heteroatoms. The number of hydrogen-bond acceptors (Lipinski definition) is 2. The molecule has 1 heterocycles. The molecule has 1 aliphatic rings. The van der Waals surface area contributed by atoms with Crippen molar-refractivity contribution >= 4 is 5.97 Å². The molecule has 1 saturated carbocycles. The number of rotatable bonds is 5. The Morgan fingerprint density at radius 3 is 2.78 bits per heavy atom. The first-order valence-corrected chi connectivity index (χ1v) is 6.82. The van der Waals surface area contributed by atoms with Crippen molar-refractivity contribution in [3.63, 3.8) is 0 Å². The van der Waals surface area contributed by atoms with E-state index >= 15 is 0 Å². The highest BCUT2D eigenvalue weighted by Crippen LogP contribution is 2.30. The van der Waals surface area contributed by atoms with Crippen molar-refractivity contribution in [3.8, 4) is 0 Å². The van der Waals surface area contributed by atoms with Crippen LogP contribution in [0.5, 0.6) is 0 Å². The molecule has 100 valence electrons. The maximum atomic E-state index is 11.3. The number of aromatic nitrogens is 2. The highest BCUT2D eigenvalue weighted by Gasteiger charge is 2.32. The number of nitrogens with zero attached hydrogens (tertiary/aromatic N) is 2. The summed E-state index contributed by atoms with van der Waals surface area (Å²) in [5, 5.41) is 13.8. The van der Waals surface area contributed by atoms with Gasteiger partial charge in [-0.05, 0) is 32.3 Å². The summed E-state index contributed by atoms with van der Waals surface area (Å²) in [6.07, 6.45) is 8.10. The molecule has 0 saturated heterocycles. The van der Waals surface area contributed by atoms with Crippen molar-refractivity contribution in [2.45, 2.75) is 58.4 Å². The average molecular weight is 250 g/mol. The molecule has 0 spiro atoms. The van der Waals surface area contributed by atoms with E-state index in [9.17, 15) is 9.90 Å². The summed E-state index contributed by atoms with van der Waals surface area (Å²) in [4.78, 5) is 11.3. The summed E-state index contributed by atoms with van der Waals surface area (Å²) in [6, 6.07) is 2.49. The standard InChI is InChI=1S/C14H22N2O2/c1-3-14(2,13(17)18)10-11-8-9-16(15-11)12-6-4-5-7-12/h8-9,12H,3-7,10H2,1-2H3,(H,17,18). The van der Waals surface area contributed by atoms with E-state index in [-0.39, 0.29) is 0 Å². The van der Waals surface area contributed by atoms with Crippen LogP contribution >= 0.6 is 0 Å². The van der Waals surface area contributed by atoms with Gasteiger partial charge in [0.05, 0.1) is 17.2 Å². The number of carbonyl (C=O) groups is 1. The molecular weight excluding hydrogens is 228 g/mol. The number of aliphatic carboxylic acids is 1. The fourth-order valence-electron chi connectivity index (χ4n) is 2.60. The molecule has 0 radical (unpaired) electrons.